The highest BCUT2D eigenvalue weighted by Gasteiger charge is 2.25. The van der Waals surface area contributed by atoms with Gasteiger partial charge < -0.3 is 15.8 Å². The minimum Gasteiger partial charge on any atom is -0.376 e. The Hall–Kier alpha value is -1.64. The first-order valence-corrected chi connectivity index (χ1v) is 9.12. The number of carbonyl (C=O) groups is 1. The fourth-order valence-corrected chi connectivity index (χ4v) is 4.23. The van der Waals surface area contributed by atoms with Gasteiger partial charge in [-0.15, -0.1) is 10.2 Å². The van der Waals surface area contributed by atoms with Crippen molar-refractivity contribution in [3.05, 3.63) is 35.9 Å². The van der Waals surface area contributed by atoms with Crippen LogP contribution in [0.15, 0.2) is 34.7 Å². The molecule has 122 valence electrons. The maximum Gasteiger partial charge on any atom is 0.238 e. The molecule has 1 fully saturated rings. The molecule has 23 heavy (non-hydrogen) atoms. The number of nitrogens with two attached hydrogens (primary N) is 1. The van der Waals surface area contributed by atoms with Gasteiger partial charge in [-0.25, -0.2) is 0 Å². The molecular weight excluding hydrogens is 332 g/mol. The van der Waals surface area contributed by atoms with E-state index in [2.05, 4.69) is 15.5 Å². The van der Waals surface area contributed by atoms with Gasteiger partial charge in [0.25, 0.3) is 0 Å². The standard InChI is InChI=1S/C15H18N4O2S2/c16-14-18-19-15(23-14)22-12(10-5-2-1-3-6-10)13(20)17-9-11-7-4-8-21-11/h1-3,5-6,11-12H,4,7-9H2,(H2,16,18)(H,17,20)/t11-,12-/m0/s1. The number of thioether (sulfide) groups is 1. The van der Waals surface area contributed by atoms with Crippen LogP contribution in [0.2, 0.25) is 0 Å². The number of hydrogen-bond acceptors (Lipinski definition) is 7. The van der Waals surface area contributed by atoms with Crippen LogP contribution in [0.1, 0.15) is 23.7 Å². The molecule has 1 aromatic heterocycles. The molecular formula is C15H18N4O2S2. The molecule has 1 saturated heterocycles. The van der Waals surface area contributed by atoms with Crippen molar-refractivity contribution in [2.45, 2.75) is 28.5 Å². The third-order valence-electron chi connectivity index (χ3n) is 3.51. The van der Waals surface area contributed by atoms with Crippen molar-refractivity contribution in [3.8, 4) is 0 Å². The molecule has 2 atom stereocenters. The Morgan fingerprint density at radius 3 is 2.91 bits per heavy atom. The van der Waals surface area contributed by atoms with Gasteiger partial charge in [0, 0.05) is 13.2 Å². The molecule has 1 aliphatic heterocycles. The average molecular weight is 350 g/mol. The zero-order valence-electron chi connectivity index (χ0n) is 12.5. The van der Waals surface area contributed by atoms with Crippen molar-refractivity contribution in [3.63, 3.8) is 0 Å². The van der Waals surface area contributed by atoms with E-state index in [4.69, 9.17) is 10.5 Å². The third-order valence-corrected chi connectivity index (χ3v) is 5.60. The number of rotatable bonds is 6. The van der Waals surface area contributed by atoms with Gasteiger partial charge in [0.2, 0.25) is 11.0 Å². The topological polar surface area (TPSA) is 90.1 Å². The summed E-state index contributed by atoms with van der Waals surface area (Å²) in [6.07, 6.45) is 2.18. The Morgan fingerprint density at radius 1 is 1.43 bits per heavy atom. The van der Waals surface area contributed by atoms with Crippen molar-refractivity contribution in [1.29, 1.82) is 0 Å². The summed E-state index contributed by atoms with van der Waals surface area (Å²) in [5.41, 5.74) is 6.55. The van der Waals surface area contributed by atoms with Gasteiger partial charge in [0.05, 0.1) is 6.10 Å². The Kier molecular flexibility index (Phi) is 5.47. The molecule has 0 spiro atoms. The van der Waals surface area contributed by atoms with Crippen LogP contribution in [0.25, 0.3) is 0 Å². The summed E-state index contributed by atoms with van der Waals surface area (Å²) in [4.78, 5) is 12.6. The summed E-state index contributed by atoms with van der Waals surface area (Å²) < 4.78 is 6.24. The average Bonchev–Trinajstić information content (AvgIpc) is 3.23. The molecule has 6 nitrogen and oxygen atoms in total. The maximum absolute atomic E-state index is 12.6. The van der Waals surface area contributed by atoms with E-state index in [0.717, 1.165) is 25.0 Å². The normalized spacial score (nSPS) is 18.7. The van der Waals surface area contributed by atoms with E-state index in [1.807, 2.05) is 30.3 Å². The summed E-state index contributed by atoms with van der Waals surface area (Å²) in [7, 11) is 0. The number of anilines is 1. The summed E-state index contributed by atoms with van der Waals surface area (Å²) in [6.45, 7) is 1.32. The summed E-state index contributed by atoms with van der Waals surface area (Å²) in [5.74, 6) is -0.0505. The quantitative estimate of drug-likeness (QED) is 0.777. The monoisotopic (exact) mass is 350 g/mol. The Bertz CT molecular complexity index is 644. The highest BCUT2D eigenvalue weighted by atomic mass is 32.2. The van der Waals surface area contributed by atoms with Crippen molar-refractivity contribution in [1.82, 2.24) is 15.5 Å². The first-order valence-electron chi connectivity index (χ1n) is 7.42. The lowest BCUT2D eigenvalue weighted by Gasteiger charge is -2.17. The zero-order chi connectivity index (χ0) is 16.1. The predicted molar refractivity (Wildman–Crippen MR) is 91.3 cm³/mol. The fraction of sp³-hybridized carbons (Fsp3) is 0.400. The van der Waals surface area contributed by atoms with Gasteiger partial charge in [-0.3, -0.25) is 4.79 Å². The summed E-state index contributed by atoms with van der Waals surface area (Å²) in [6, 6.07) is 9.65. The zero-order valence-corrected chi connectivity index (χ0v) is 14.1. The lowest BCUT2D eigenvalue weighted by molar-refractivity contribution is -0.121. The van der Waals surface area contributed by atoms with Crippen molar-refractivity contribution in [2.75, 3.05) is 18.9 Å². The second kappa shape index (κ2) is 7.76. The number of carbonyl (C=O) groups excluding carboxylic acids is 1. The smallest absolute Gasteiger partial charge is 0.238 e. The van der Waals surface area contributed by atoms with Crippen LogP contribution < -0.4 is 11.1 Å². The Morgan fingerprint density at radius 2 is 2.26 bits per heavy atom. The van der Waals surface area contributed by atoms with Crippen LogP contribution >= 0.6 is 23.1 Å². The van der Waals surface area contributed by atoms with Crippen molar-refractivity contribution in [2.24, 2.45) is 0 Å². The maximum atomic E-state index is 12.6. The van der Waals surface area contributed by atoms with E-state index in [0.29, 0.717) is 16.0 Å². The number of benzene rings is 1. The van der Waals surface area contributed by atoms with Gasteiger partial charge in [-0.05, 0) is 18.4 Å². The highest BCUT2D eigenvalue weighted by Crippen LogP contribution is 2.37. The largest absolute Gasteiger partial charge is 0.376 e. The first-order chi connectivity index (χ1) is 11.2. The lowest BCUT2D eigenvalue weighted by atomic mass is 10.1. The fourth-order valence-electron chi connectivity index (χ4n) is 2.38. The minimum absolute atomic E-state index is 0.0505. The molecule has 3 N–H and O–H groups in total. The lowest BCUT2D eigenvalue weighted by Crippen LogP contribution is -2.34. The van der Waals surface area contributed by atoms with Crippen LogP contribution in [0.4, 0.5) is 5.13 Å². The molecule has 2 aromatic rings. The van der Waals surface area contributed by atoms with Crippen molar-refractivity contribution < 1.29 is 9.53 Å². The molecule has 1 amide bonds. The van der Waals surface area contributed by atoms with E-state index < -0.39 is 0 Å². The molecule has 0 saturated carbocycles. The summed E-state index contributed by atoms with van der Waals surface area (Å²) >= 11 is 2.65. The van der Waals surface area contributed by atoms with E-state index in [-0.39, 0.29) is 17.3 Å². The van der Waals surface area contributed by atoms with Gasteiger partial charge in [0.15, 0.2) is 4.34 Å². The molecule has 2 heterocycles. The minimum atomic E-state index is -0.384. The first kappa shape index (κ1) is 16.2. The van der Waals surface area contributed by atoms with Crippen LogP contribution in [0.3, 0.4) is 0 Å². The highest BCUT2D eigenvalue weighted by molar-refractivity contribution is 8.01. The molecule has 0 unspecified atom stereocenters. The summed E-state index contributed by atoms with van der Waals surface area (Å²) in [5, 5.41) is 10.8. The molecule has 0 radical (unpaired) electrons. The molecule has 1 aromatic carbocycles. The number of nitrogens with one attached hydrogen (secondary N) is 1. The second-order valence-electron chi connectivity index (χ2n) is 5.19. The van der Waals surface area contributed by atoms with Gasteiger partial charge in [-0.2, -0.15) is 0 Å². The second-order valence-corrected chi connectivity index (χ2v) is 7.56. The molecule has 8 heteroatoms. The van der Waals surface area contributed by atoms with Gasteiger partial charge >= 0.3 is 0 Å². The van der Waals surface area contributed by atoms with Crippen molar-refractivity contribution >= 4 is 34.1 Å². The van der Waals surface area contributed by atoms with Gasteiger partial charge in [0.1, 0.15) is 5.25 Å². The number of nitrogens with zero attached hydrogens (tertiary/aromatic N) is 2. The predicted octanol–water partition coefficient (Wildman–Crippen LogP) is 2.25. The van der Waals surface area contributed by atoms with E-state index in [1.165, 1.54) is 23.1 Å². The van der Waals surface area contributed by atoms with Crippen LogP contribution in [0, 0.1) is 0 Å². The number of aromatic nitrogens is 2. The molecule has 1 aliphatic rings. The third kappa shape index (κ3) is 4.43. The SMILES string of the molecule is Nc1nnc(S[C@H](C(=O)NC[C@@H]2CCCO2)c2ccccc2)s1. The van der Waals surface area contributed by atoms with Crippen LogP contribution in [0.5, 0.6) is 0 Å². The van der Waals surface area contributed by atoms with Crippen LogP contribution in [-0.4, -0.2) is 35.4 Å². The molecule has 0 bridgehead atoms. The van der Waals surface area contributed by atoms with E-state index in [9.17, 15) is 4.79 Å². The number of hydrogen-bond donors (Lipinski definition) is 2. The van der Waals surface area contributed by atoms with E-state index in [1.54, 1.807) is 0 Å². The number of ether oxygens (including phenoxy) is 1. The Balaban J connectivity index is 1.70. The molecule has 0 aliphatic carbocycles. The van der Waals surface area contributed by atoms with E-state index >= 15 is 0 Å². The van der Waals surface area contributed by atoms with Gasteiger partial charge in [-0.1, -0.05) is 53.4 Å². The van der Waals surface area contributed by atoms with Crippen LogP contribution in [-0.2, 0) is 9.53 Å². The molecule has 3 rings (SSSR count). The number of amides is 1. The Labute approximate surface area is 142 Å². The number of nitrogen functional groups attached to an aromatic ring is 1.